The second kappa shape index (κ2) is 10.7. The minimum absolute atomic E-state index is 0.199. The van der Waals surface area contributed by atoms with E-state index in [0.717, 1.165) is 15.1 Å². The number of fused-ring (bicyclic) bond motifs is 1. The Morgan fingerprint density at radius 2 is 2.00 bits per heavy atom. The quantitative estimate of drug-likeness (QED) is 0.273. The van der Waals surface area contributed by atoms with Gasteiger partial charge in [-0.25, -0.2) is 19.3 Å². The number of nitrogens with one attached hydrogen (secondary N) is 1. The fourth-order valence-electron chi connectivity index (χ4n) is 3.35. The number of methoxy groups -OCH3 is 1. The highest BCUT2D eigenvalue weighted by atomic mass is 35.5. The summed E-state index contributed by atoms with van der Waals surface area (Å²) in [6, 6.07) is 13.4. The van der Waals surface area contributed by atoms with Crippen LogP contribution in [0.4, 0.5) is 21.7 Å². The average molecular weight is 533 g/mol. The number of hydrogen-bond donors (Lipinski definition) is 2. The molecular formula is C26H18ClFN6O2S. The Bertz CT molecular complexity index is 1670. The van der Waals surface area contributed by atoms with Crippen molar-refractivity contribution in [2.24, 2.45) is 0 Å². The predicted molar refractivity (Wildman–Crippen MR) is 142 cm³/mol. The number of rotatable bonds is 6. The van der Waals surface area contributed by atoms with Gasteiger partial charge in [-0.15, -0.1) is 11.3 Å². The molecule has 0 atom stereocenters. The van der Waals surface area contributed by atoms with Gasteiger partial charge in [-0.3, -0.25) is 0 Å². The van der Waals surface area contributed by atoms with Crippen LogP contribution in [0.3, 0.4) is 0 Å². The summed E-state index contributed by atoms with van der Waals surface area (Å²) in [5.41, 5.74) is 7.56. The highest BCUT2D eigenvalue weighted by Crippen LogP contribution is 2.33. The van der Waals surface area contributed by atoms with E-state index in [2.05, 4.69) is 37.1 Å². The van der Waals surface area contributed by atoms with Crippen molar-refractivity contribution in [1.82, 2.24) is 19.9 Å². The molecule has 11 heteroatoms. The van der Waals surface area contributed by atoms with Gasteiger partial charge in [0, 0.05) is 5.69 Å². The lowest BCUT2D eigenvalue weighted by Crippen LogP contribution is -1.99. The Morgan fingerprint density at radius 3 is 2.81 bits per heavy atom. The van der Waals surface area contributed by atoms with E-state index in [-0.39, 0.29) is 24.1 Å². The summed E-state index contributed by atoms with van der Waals surface area (Å²) >= 11 is 7.85. The van der Waals surface area contributed by atoms with E-state index in [1.54, 1.807) is 24.3 Å². The molecule has 0 aliphatic heterocycles. The molecule has 3 N–H and O–H groups in total. The first-order valence-electron chi connectivity index (χ1n) is 10.9. The Balaban J connectivity index is 1.33. The third-order valence-corrected chi connectivity index (χ3v) is 6.34. The number of nitrogens with zero attached hydrogens (tertiary/aromatic N) is 4. The monoisotopic (exact) mass is 532 g/mol. The van der Waals surface area contributed by atoms with Crippen LogP contribution >= 0.6 is 22.9 Å². The van der Waals surface area contributed by atoms with Crippen LogP contribution in [0, 0.1) is 17.7 Å². The molecule has 0 aliphatic carbocycles. The Hall–Kier alpha value is -4.46. The standard InChI is InChI=1S/C26H18ClFN6O2S/c1-35-25-23(29)30-12-18(34-25)5-7-19-11-20-24(31-14-32-26(20)37-19)33-17-6-8-22(21(27)10-17)36-13-15-3-2-4-16(28)9-15/h2-4,6,8-12,14H,13H2,1H3,(H2,29,30)(H,31,32,33). The second-order valence-corrected chi connectivity index (χ2v) is 9.08. The van der Waals surface area contributed by atoms with Gasteiger partial charge in [0.05, 0.1) is 28.6 Å². The SMILES string of the molecule is COc1nc(C#Cc2cc3c(Nc4ccc(OCc5cccc(F)c5)c(Cl)c4)ncnc3s2)cnc1N. The number of nitrogens with two attached hydrogens (primary N) is 1. The highest BCUT2D eigenvalue weighted by molar-refractivity contribution is 7.19. The molecule has 2 aromatic carbocycles. The van der Waals surface area contributed by atoms with Gasteiger partial charge in [0.15, 0.2) is 5.82 Å². The fraction of sp³-hybridized carbons (Fsp3) is 0.0769. The van der Waals surface area contributed by atoms with Crippen molar-refractivity contribution >= 4 is 50.5 Å². The van der Waals surface area contributed by atoms with Gasteiger partial charge in [-0.1, -0.05) is 23.7 Å². The molecule has 0 aliphatic rings. The van der Waals surface area contributed by atoms with Crippen molar-refractivity contribution in [1.29, 1.82) is 0 Å². The van der Waals surface area contributed by atoms with Crippen molar-refractivity contribution in [2.45, 2.75) is 6.61 Å². The van der Waals surface area contributed by atoms with Crippen LogP contribution in [0.5, 0.6) is 11.6 Å². The average Bonchev–Trinajstić information content (AvgIpc) is 3.32. The zero-order valence-corrected chi connectivity index (χ0v) is 20.9. The third kappa shape index (κ3) is 5.69. The lowest BCUT2D eigenvalue weighted by atomic mass is 10.2. The smallest absolute Gasteiger partial charge is 0.258 e. The fourth-order valence-corrected chi connectivity index (χ4v) is 4.44. The molecule has 3 heterocycles. The molecule has 3 aromatic heterocycles. The van der Waals surface area contributed by atoms with Crippen molar-refractivity contribution in [2.75, 3.05) is 18.2 Å². The Morgan fingerprint density at radius 1 is 1.11 bits per heavy atom. The summed E-state index contributed by atoms with van der Waals surface area (Å²) in [7, 11) is 1.47. The van der Waals surface area contributed by atoms with Crippen LogP contribution in [0.25, 0.3) is 10.2 Å². The first-order chi connectivity index (χ1) is 18.0. The number of halogens is 2. The number of ether oxygens (including phenoxy) is 2. The summed E-state index contributed by atoms with van der Waals surface area (Å²) in [5.74, 6) is 7.24. The Labute approximate surface area is 220 Å². The molecule has 0 saturated carbocycles. The molecule has 5 rings (SSSR count). The van der Waals surface area contributed by atoms with Gasteiger partial charge >= 0.3 is 0 Å². The molecule has 0 fully saturated rings. The van der Waals surface area contributed by atoms with Crippen LogP contribution in [0.15, 0.2) is 61.1 Å². The van der Waals surface area contributed by atoms with Gasteiger partial charge < -0.3 is 20.5 Å². The maximum Gasteiger partial charge on any atom is 0.258 e. The molecule has 8 nitrogen and oxygen atoms in total. The zero-order valence-electron chi connectivity index (χ0n) is 19.3. The summed E-state index contributed by atoms with van der Waals surface area (Å²) < 4.78 is 24.2. The van der Waals surface area contributed by atoms with Gasteiger partial charge in [0.25, 0.3) is 5.88 Å². The summed E-state index contributed by atoms with van der Waals surface area (Å²) in [6.07, 6.45) is 2.97. The maximum absolute atomic E-state index is 13.4. The van der Waals surface area contributed by atoms with Gasteiger partial charge in [0.1, 0.15) is 40.8 Å². The first kappa shape index (κ1) is 24.2. The first-order valence-corrected chi connectivity index (χ1v) is 12.0. The van der Waals surface area contributed by atoms with E-state index in [4.69, 9.17) is 26.8 Å². The third-order valence-electron chi connectivity index (χ3n) is 5.08. The number of benzene rings is 2. The molecule has 0 spiro atoms. The minimum Gasteiger partial charge on any atom is -0.487 e. The molecular weight excluding hydrogens is 515 g/mol. The molecule has 0 amide bonds. The predicted octanol–water partition coefficient (Wildman–Crippen LogP) is 5.59. The molecule has 0 unspecified atom stereocenters. The van der Waals surface area contributed by atoms with Crippen LogP contribution in [-0.4, -0.2) is 27.0 Å². The summed E-state index contributed by atoms with van der Waals surface area (Å²) in [6.45, 7) is 0.199. The lowest BCUT2D eigenvalue weighted by Gasteiger charge is -2.11. The van der Waals surface area contributed by atoms with Crippen LogP contribution in [-0.2, 0) is 6.61 Å². The number of hydrogen-bond acceptors (Lipinski definition) is 9. The molecule has 37 heavy (non-hydrogen) atoms. The second-order valence-electron chi connectivity index (χ2n) is 7.64. The minimum atomic E-state index is -0.315. The molecule has 184 valence electrons. The van der Waals surface area contributed by atoms with E-state index >= 15 is 0 Å². The van der Waals surface area contributed by atoms with E-state index < -0.39 is 0 Å². The molecule has 0 bridgehead atoms. The Kier molecular flexibility index (Phi) is 6.98. The summed E-state index contributed by atoms with van der Waals surface area (Å²) in [4.78, 5) is 18.5. The van der Waals surface area contributed by atoms with E-state index in [1.807, 2.05) is 12.1 Å². The number of thiophene rings is 1. The van der Waals surface area contributed by atoms with Crippen LogP contribution in [0.2, 0.25) is 5.02 Å². The highest BCUT2D eigenvalue weighted by Gasteiger charge is 2.10. The van der Waals surface area contributed by atoms with Crippen molar-refractivity contribution < 1.29 is 13.9 Å². The molecule has 5 aromatic rings. The maximum atomic E-state index is 13.4. The molecule has 0 radical (unpaired) electrons. The van der Waals surface area contributed by atoms with E-state index in [9.17, 15) is 4.39 Å². The van der Waals surface area contributed by atoms with Crippen molar-refractivity contribution in [3.8, 4) is 23.5 Å². The summed E-state index contributed by atoms with van der Waals surface area (Å²) in [5, 5.41) is 4.48. The van der Waals surface area contributed by atoms with Crippen molar-refractivity contribution in [3.63, 3.8) is 0 Å². The van der Waals surface area contributed by atoms with Crippen molar-refractivity contribution in [3.05, 3.63) is 88.0 Å². The topological polar surface area (TPSA) is 108 Å². The normalized spacial score (nSPS) is 10.6. The number of aromatic nitrogens is 4. The van der Waals surface area contributed by atoms with Crippen LogP contribution in [0.1, 0.15) is 16.1 Å². The van der Waals surface area contributed by atoms with Gasteiger partial charge in [-0.2, -0.15) is 4.98 Å². The van der Waals surface area contributed by atoms with E-state index in [0.29, 0.717) is 33.5 Å². The molecule has 0 saturated heterocycles. The number of anilines is 3. The lowest BCUT2D eigenvalue weighted by molar-refractivity contribution is 0.306. The number of nitrogen functional groups attached to an aromatic ring is 1. The van der Waals surface area contributed by atoms with Gasteiger partial charge in [0.2, 0.25) is 0 Å². The van der Waals surface area contributed by atoms with Crippen LogP contribution < -0.4 is 20.5 Å². The largest absolute Gasteiger partial charge is 0.487 e. The van der Waals surface area contributed by atoms with Gasteiger partial charge in [-0.05, 0) is 53.8 Å². The van der Waals surface area contributed by atoms with E-state index in [1.165, 1.54) is 43.1 Å². The zero-order chi connectivity index (χ0) is 25.8.